The molecule has 1 saturated heterocycles. The summed E-state index contributed by atoms with van der Waals surface area (Å²) in [5.74, 6) is -0.469. The highest BCUT2D eigenvalue weighted by Gasteiger charge is 2.20. The van der Waals surface area contributed by atoms with Gasteiger partial charge in [0, 0.05) is 23.2 Å². The molecule has 10 heteroatoms. The topological polar surface area (TPSA) is 133 Å². The SMILES string of the molecule is O=C(CNC(=O)c1ccc(S(=O)(=O)Nc2ccccc2C(=O)c2ccccc2)cc1)NCCC1CCNCC1. The van der Waals surface area contributed by atoms with Crippen LogP contribution in [0.15, 0.2) is 83.8 Å². The van der Waals surface area contributed by atoms with Crippen molar-refractivity contribution in [1.29, 1.82) is 0 Å². The van der Waals surface area contributed by atoms with Gasteiger partial charge in [0.25, 0.3) is 15.9 Å². The van der Waals surface area contributed by atoms with E-state index in [0.717, 1.165) is 32.4 Å². The van der Waals surface area contributed by atoms with Gasteiger partial charge in [0.1, 0.15) is 0 Å². The number of piperidine rings is 1. The maximum Gasteiger partial charge on any atom is 0.261 e. The molecule has 2 amide bonds. The molecule has 39 heavy (non-hydrogen) atoms. The van der Waals surface area contributed by atoms with E-state index in [1.807, 2.05) is 0 Å². The van der Waals surface area contributed by atoms with Crippen molar-refractivity contribution in [3.05, 3.63) is 95.6 Å². The standard InChI is InChI=1S/C29H32N4O5S/c34-27(31-19-16-21-14-17-30-18-15-21)20-32-29(36)23-10-12-24(13-11-23)39(37,38)33-26-9-5-4-8-25(26)28(35)22-6-2-1-3-7-22/h1-13,21,30,33H,14-20H2,(H,31,34)(H,32,36). The first-order valence-corrected chi connectivity index (χ1v) is 14.4. The molecule has 1 fully saturated rings. The molecule has 0 atom stereocenters. The van der Waals surface area contributed by atoms with Gasteiger partial charge in [-0.1, -0.05) is 42.5 Å². The summed E-state index contributed by atoms with van der Waals surface area (Å²) >= 11 is 0. The molecule has 0 saturated carbocycles. The Morgan fingerprint density at radius 2 is 1.46 bits per heavy atom. The van der Waals surface area contributed by atoms with Gasteiger partial charge < -0.3 is 16.0 Å². The van der Waals surface area contributed by atoms with Gasteiger partial charge >= 0.3 is 0 Å². The van der Waals surface area contributed by atoms with Crippen molar-refractivity contribution in [2.75, 3.05) is 30.9 Å². The van der Waals surface area contributed by atoms with E-state index < -0.39 is 15.9 Å². The molecule has 0 aliphatic carbocycles. The predicted molar refractivity (Wildman–Crippen MR) is 149 cm³/mol. The molecule has 0 bridgehead atoms. The van der Waals surface area contributed by atoms with E-state index in [-0.39, 0.29) is 39.9 Å². The van der Waals surface area contributed by atoms with Crippen LogP contribution in [-0.2, 0) is 14.8 Å². The number of ketones is 1. The number of benzene rings is 3. The quantitative estimate of drug-likeness (QED) is 0.272. The number of nitrogens with one attached hydrogen (secondary N) is 4. The van der Waals surface area contributed by atoms with Gasteiger partial charge in [0.2, 0.25) is 5.91 Å². The van der Waals surface area contributed by atoms with Gasteiger partial charge in [0.15, 0.2) is 5.78 Å². The largest absolute Gasteiger partial charge is 0.355 e. The molecule has 1 aliphatic heterocycles. The number of anilines is 1. The van der Waals surface area contributed by atoms with Crippen LogP contribution in [0.5, 0.6) is 0 Å². The molecular formula is C29H32N4O5S. The number of hydrogen-bond acceptors (Lipinski definition) is 6. The Balaban J connectivity index is 1.32. The second-order valence-corrected chi connectivity index (χ2v) is 11.1. The van der Waals surface area contributed by atoms with Crippen molar-refractivity contribution in [1.82, 2.24) is 16.0 Å². The fraction of sp³-hybridized carbons (Fsp3) is 0.276. The fourth-order valence-electron chi connectivity index (χ4n) is 4.42. The highest BCUT2D eigenvalue weighted by Crippen LogP contribution is 2.23. The Morgan fingerprint density at radius 1 is 0.795 bits per heavy atom. The molecule has 204 valence electrons. The van der Waals surface area contributed by atoms with Gasteiger partial charge in [-0.25, -0.2) is 8.42 Å². The van der Waals surface area contributed by atoms with Crippen LogP contribution in [0.25, 0.3) is 0 Å². The minimum absolute atomic E-state index is 0.0725. The molecule has 0 radical (unpaired) electrons. The molecule has 9 nitrogen and oxygen atoms in total. The third kappa shape index (κ3) is 7.75. The van der Waals surface area contributed by atoms with Crippen LogP contribution >= 0.6 is 0 Å². The maximum atomic E-state index is 13.0. The average Bonchev–Trinajstić information content (AvgIpc) is 2.97. The molecular weight excluding hydrogens is 516 g/mol. The van der Waals surface area contributed by atoms with E-state index in [1.165, 1.54) is 30.3 Å². The smallest absolute Gasteiger partial charge is 0.261 e. The highest BCUT2D eigenvalue weighted by atomic mass is 32.2. The van der Waals surface area contributed by atoms with Gasteiger partial charge in [-0.3, -0.25) is 19.1 Å². The molecule has 4 rings (SSSR count). The Kier molecular flexibility index (Phi) is 9.45. The van der Waals surface area contributed by atoms with Crippen LogP contribution in [0, 0.1) is 5.92 Å². The molecule has 3 aromatic rings. The van der Waals surface area contributed by atoms with Crippen LogP contribution in [-0.4, -0.2) is 52.2 Å². The van der Waals surface area contributed by atoms with Crippen molar-refractivity contribution >= 4 is 33.3 Å². The minimum atomic E-state index is -4.04. The zero-order valence-electron chi connectivity index (χ0n) is 21.5. The lowest BCUT2D eigenvalue weighted by Crippen LogP contribution is -2.38. The molecule has 0 unspecified atom stereocenters. The van der Waals surface area contributed by atoms with Gasteiger partial charge in [-0.2, -0.15) is 0 Å². The number of amides is 2. The van der Waals surface area contributed by atoms with Crippen molar-refractivity contribution < 1.29 is 22.8 Å². The summed E-state index contributed by atoms with van der Waals surface area (Å²) < 4.78 is 28.6. The minimum Gasteiger partial charge on any atom is -0.355 e. The molecule has 0 spiro atoms. The van der Waals surface area contributed by atoms with Gasteiger partial charge in [-0.15, -0.1) is 0 Å². The van der Waals surface area contributed by atoms with Gasteiger partial charge in [0.05, 0.1) is 17.1 Å². The first kappa shape index (κ1) is 28.0. The predicted octanol–water partition coefficient (Wildman–Crippen LogP) is 2.95. The number of hydrogen-bond donors (Lipinski definition) is 4. The van der Waals surface area contributed by atoms with Crippen LogP contribution in [0.2, 0.25) is 0 Å². The van der Waals surface area contributed by atoms with E-state index in [2.05, 4.69) is 20.7 Å². The fourth-order valence-corrected chi connectivity index (χ4v) is 5.50. The number of rotatable bonds is 11. The monoisotopic (exact) mass is 548 g/mol. The molecule has 4 N–H and O–H groups in total. The second kappa shape index (κ2) is 13.2. The first-order valence-electron chi connectivity index (χ1n) is 12.9. The summed E-state index contributed by atoms with van der Waals surface area (Å²) in [6, 6.07) is 20.3. The van der Waals surface area contributed by atoms with Crippen LogP contribution in [0.4, 0.5) is 5.69 Å². The van der Waals surface area contributed by atoms with E-state index in [4.69, 9.17) is 0 Å². The molecule has 1 aliphatic rings. The summed E-state index contributed by atoms with van der Waals surface area (Å²) in [5.41, 5.74) is 1.03. The highest BCUT2D eigenvalue weighted by molar-refractivity contribution is 7.92. The van der Waals surface area contributed by atoms with Gasteiger partial charge in [-0.05, 0) is 74.7 Å². The van der Waals surface area contributed by atoms with Crippen molar-refractivity contribution in [2.45, 2.75) is 24.2 Å². The number of sulfonamides is 1. The summed E-state index contributed by atoms with van der Waals surface area (Å²) in [4.78, 5) is 37.4. The molecule has 0 aromatic heterocycles. The van der Waals surface area contributed by atoms with E-state index in [1.54, 1.807) is 48.5 Å². The normalized spacial score (nSPS) is 13.8. The Labute approximate surface area is 228 Å². The lowest BCUT2D eigenvalue weighted by Gasteiger charge is -2.22. The van der Waals surface area contributed by atoms with Crippen molar-refractivity contribution in [2.24, 2.45) is 5.92 Å². The zero-order chi connectivity index (χ0) is 27.7. The van der Waals surface area contributed by atoms with Crippen molar-refractivity contribution in [3.63, 3.8) is 0 Å². The number of carbonyl (C=O) groups excluding carboxylic acids is 3. The third-order valence-electron chi connectivity index (χ3n) is 6.62. The lowest BCUT2D eigenvalue weighted by molar-refractivity contribution is -0.120. The van der Waals surface area contributed by atoms with E-state index in [0.29, 0.717) is 18.0 Å². The van der Waals surface area contributed by atoms with E-state index >= 15 is 0 Å². The molecule has 3 aromatic carbocycles. The van der Waals surface area contributed by atoms with Crippen molar-refractivity contribution in [3.8, 4) is 0 Å². The third-order valence-corrected chi connectivity index (χ3v) is 8.00. The molecule has 1 heterocycles. The Hall–Kier alpha value is -4.02. The summed E-state index contributed by atoms with van der Waals surface area (Å²) in [6.45, 7) is 2.41. The van der Waals surface area contributed by atoms with Crippen LogP contribution in [0.1, 0.15) is 45.5 Å². The summed E-state index contributed by atoms with van der Waals surface area (Å²) in [6.07, 6.45) is 3.12. The lowest BCUT2D eigenvalue weighted by atomic mass is 9.95. The summed E-state index contributed by atoms with van der Waals surface area (Å²) in [5, 5.41) is 8.70. The Morgan fingerprint density at radius 3 is 2.18 bits per heavy atom. The number of carbonyl (C=O) groups is 3. The average molecular weight is 549 g/mol. The number of para-hydroxylation sites is 1. The first-order chi connectivity index (χ1) is 18.8. The van der Waals surface area contributed by atoms with Crippen LogP contribution in [0.3, 0.4) is 0 Å². The van der Waals surface area contributed by atoms with Crippen LogP contribution < -0.4 is 20.7 Å². The maximum absolute atomic E-state index is 13.0. The summed E-state index contributed by atoms with van der Waals surface area (Å²) in [7, 11) is -4.04. The second-order valence-electron chi connectivity index (χ2n) is 9.39. The zero-order valence-corrected chi connectivity index (χ0v) is 22.3. The van der Waals surface area contributed by atoms with E-state index in [9.17, 15) is 22.8 Å². The Bertz CT molecular complexity index is 1400.